The minimum atomic E-state index is -1.24. The van der Waals surface area contributed by atoms with Crippen LogP contribution in [0.1, 0.15) is 22.5 Å². The first kappa shape index (κ1) is 18.5. The normalized spacial score (nSPS) is 19.1. The SMILES string of the molecule is Cc1nn(C)c2nc(-c3ccccc3)cc(C(=O)NC3(C(=O)O)CCSC3)c12. The van der Waals surface area contributed by atoms with Gasteiger partial charge in [0.05, 0.1) is 22.3 Å². The summed E-state index contributed by atoms with van der Waals surface area (Å²) in [6.45, 7) is 1.82. The van der Waals surface area contributed by atoms with Crippen molar-refractivity contribution in [3.8, 4) is 11.3 Å². The quantitative estimate of drug-likeness (QED) is 0.704. The number of amides is 1. The van der Waals surface area contributed by atoms with Crippen LogP contribution in [-0.4, -0.2) is 48.8 Å². The highest BCUT2D eigenvalue weighted by Crippen LogP contribution is 2.31. The molecule has 28 heavy (non-hydrogen) atoms. The molecule has 4 rings (SSSR count). The second-order valence-electron chi connectivity index (χ2n) is 6.97. The van der Waals surface area contributed by atoms with E-state index in [9.17, 15) is 14.7 Å². The number of nitrogens with zero attached hydrogens (tertiary/aromatic N) is 3. The third-order valence-corrected chi connectivity index (χ3v) is 6.26. The van der Waals surface area contributed by atoms with Crippen molar-refractivity contribution >= 4 is 34.7 Å². The molecular weight excluding hydrogens is 376 g/mol. The predicted molar refractivity (Wildman–Crippen MR) is 108 cm³/mol. The van der Waals surface area contributed by atoms with Gasteiger partial charge in [-0.05, 0) is 25.2 Å². The van der Waals surface area contributed by atoms with E-state index < -0.39 is 17.4 Å². The zero-order valence-electron chi connectivity index (χ0n) is 15.6. The Morgan fingerprint density at radius 2 is 2.04 bits per heavy atom. The number of benzene rings is 1. The van der Waals surface area contributed by atoms with Crippen molar-refractivity contribution in [1.82, 2.24) is 20.1 Å². The van der Waals surface area contributed by atoms with Gasteiger partial charge in [0.15, 0.2) is 5.65 Å². The van der Waals surface area contributed by atoms with E-state index in [0.29, 0.717) is 45.9 Å². The molecule has 8 heteroatoms. The van der Waals surface area contributed by atoms with E-state index in [1.165, 1.54) is 11.8 Å². The summed E-state index contributed by atoms with van der Waals surface area (Å²) < 4.78 is 1.65. The van der Waals surface area contributed by atoms with E-state index in [1.54, 1.807) is 17.8 Å². The van der Waals surface area contributed by atoms with E-state index >= 15 is 0 Å². The minimum Gasteiger partial charge on any atom is -0.479 e. The predicted octanol–water partition coefficient (Wildman–Crippen LogP) is 2.63. The lowest BCUT2D eigenvalue weighted by atomic mass is 9.97. The number of aromatic nitrogens is 3. The summed E-state index contributed by atoms with van der Waals surface area (Å²) in [5.41, 5.74) is 1.95. The summed E-state index contributed by atoms with van der Waals surface area (Å²) in [4.78, 5) is 29.8. The molecule has 1 amide bonds. The van der Waals surface area contributed by atoms with E-state index in [0.717, 1.165) is 5.56 Å². The maximum atomic E-state index is 13.2. The minimum absolute atomic E-state index is 0.361. The fourth-order valence-electron chi connectivity index (χ4n) is 3.55. The number of nitrogens with one attached hydrogen (secondary N) is 1. The van der Waals surface area contributed by atoms with Crippen LogP contribution in [-0.2, 0) is 11.8 Å². The van der Waals surface area contributed by atoms with Crippen LogP contribution in [0.15, 0.2) is 36.4 Å². The van der Waals surface area contributed by atoms with Crippen molar-refractivity contribution in [3.63, 3.8) is 0 Å². The molecule has 3 aromatic rings. The number of carbonyl (C=O) groups excluding carboxylic acids is 1. The number of aryl methyl sites for hydroxylation is 2. The van der Waals surface area contributed by atoms with Gasteiger partial charge in [-0.3, -0.25) is 9.48 Å². The van der Waals surface area contributed by atoms with E-state index in [1.807, 2.05) is 37.3 Å². The first-order chi connectivity index (χ1) is 13.4. The van der Waals surface area contributed by atoms with Crippen molar-refractivity contribution in [2.75, 3.05) is 11.5 Å². The Labute approximate surface area is 166 Å². The average molecular weight is 396 g/mol. The van der Waals surface area contributed by atoms with Crippen molar-refractivity contribution in [1.29, 1.82) is 0 Å². The summed E-state index contributed by atoms with van der Waals surface area (Å²) in [6.07, 6.45) is 0.407. The number of hydrogen-bond donors (Lipinski definition) is 2. The number of pyridine rings is 1. The number of aliphatic carboxylic acids is 1. The molecule has 1 atom stereocenters. The summed E-state index contributed by atoms with van der Waals surface area (Å²) in [5.74, 6) is -0.340. The number of carboxylic acids is 1. The molecule has 1 aromatic carbocycles. The average Bonchev–Trinajstić information content (AvgIpc) is 3.27. The summed E-state index contributed by atoms with van der Waals surface area (Å²) >= 11 is 1.53. The molecule has 1 unspecified atom stereocenters. The summed E-state index contributed by atoms with van der Waals surface area (Å²) in [6, 6.07) is 11.3. The van der Waals surface area contributed by atoms with Gasteiger partial charge < -0.3 is 10.4 Å². The van der Waals surface area contributed by atoms with E-state index in [4.69, 9.17) is 4.98 Å². The number of fused-ring (bicyclic) bond motifs is 1. The van der Waals surface area contributed by atoms with E-state index in [2.05, 4.69) is 10.4 Å². The second kappa shape index (κ2) is 6.94. The van der Waals surface area contributed by atoms with Gasteiger partial charge in [-0.1, -0.05) is 30.3 Å². The van der Waals surface area contributed by atoms with Gasteiger partial charge in [-0.15, -0.1) is 0 Å². The number of hydrogen-bond acceptors (Lipinski definition) is 5. The lowest BCUT2D eigenvalue weighted by Gasteiger charge is -2.24. The van der Waals surface area contributed by atoms with Crippen LogP contribution in [0.3, 0.4) is 0 Å². The van der Waals surface area contributed by atoms with Gasteiger partial charge in [-0.2, -0.15) is 16.9 Å². The maximum Gasteiger partial charge on any atom is 0.330 e. The Morgan fingerprint density at radius 3 is 2.68 bits per heavy atom. The highest BCUT2D eigenvalue weighted by atomic mass is 32.2. The smallest absolute Gasteiger partial charge is 0.330 e. The maximum absolute atomic E-state index is 13.2. The molecule has 1 saturated heterocycles. The largest absolute Gasteiger partial charge is 0.479 e. The van der Waals surface area contributed by atoms with Crippen molar-refractivity contribution in [2.24, 2.45) is 7.05 Å². The monoisotopic (exact) mass is 396 g/mol. The highest BCUT2D eigenvalue weighted by molar-refractivity contribution is 7.99. The summed E-state index contributed by atoms with van der Waals surface area (Å²) in [5, 5.41) is 17.5. The van der Waals surface area contributed by atoms with Crippen LogP contribution >= 0.6 is 11.8 Å². The molecule has 0 saturated carbocycles. The number of carboxylic acid groups (broad SMARTS) is 1. The molecule has 2 N–H and O–H groups in total. The van der Waals surface area contributed by atoms with Crippen LogP contribution in [0.5, 0.6) is 0 Å². The Bertz CT molecular complexity index is 1070. The molecule has 144 valence electrons. The Hall–Kier alpha value is -2.87. The number of rotatable bonds is 4. The fraction of sp³-hybridized carbons (Fsp3) is 0.300. The lowest BCUT2D eigenvalue weighted by Crippen LogP contribution is -2.54. The van der Waals surface area contributed by atoms with Crippen LogP contribution in [0, 0.1) is 6.92 Å². The molecule has 0 radical (unpaired) electrons. The fourth-order valence-corrected chi connectivity index (χ4v) is 4.88. The molecule has 7 nitrogen and oxygen atoms in total. The van der Waals surface area contributed by atoms with Crippen molar-refractivity contribution < 1.29 is 14.7 Å². The van der Waals surface area contributed by atoms with Crippen molar-refractivity contribution in [2.45, 2.75) is 18.9 Å². The standard InChI is InChI=1S/C20H20N4O3S/c1-12-16-14(18(25)22-20(19(26)27)8-9-28-11-20)10-15(13-6-4-3-5-7-13)21-17(16)24(2)23-12/h3-7,10H,8-9,11H2,1-2H3,(H,22,25)(H,26,27). The molecular formula is C20H20N4O3S. The number of thioether (sulfide) groups is 1. The van der Waals surface area contributed by atoms with Gasteiger partial charge in [0, 0.05) is 18.4 Å². The zero-order chi connectivity index (χ0) is 19.9. The number of carbonyl (C=O) groups is 2. The molecule has 1 aliphatic rings. The Morgan fingerprint density at radius 1 is 1.29 bits per heavy atom. The summed E-state index contributed by atoms with van der Waals surface area (Å²) in [7, 11) is 1.78. The highest BCUT2D eigenvalue weighted by Gasteiger charge is 2.43. The van der Waals surface area contributed by atoms with Gasteiger partial charge in [0.1, 0.15) is 5.54 Å². The second-order valence-corrected chi connectivity index (χ2v) is 8.08. The molecule has 0 spiro atoms. The third-order valence-electron chi connectivity index (χ3n) is 5.07. The topological polar surface area (TPSA) is 97.1 Å². The Balaban J connectivity index is 1.85. The molecule has 1 aliphatic heterocycles. The molecule has 1 fully saturated rings. The molecule has 3 heterocycles. The first-order valence-corrected chi connectivity index (χ1v) is 10.1. The Kier molecular flexibility index (Phi) is 4.58. The lowest BCUT2D eigenvalue weighted by molar-refractivity contribution is -0.143. The zero-order valence-corrected chi connectivity index (χ0v) is 16.4. The third kappa shape index (κ3) is 3.03. The van der Waals surface area contributed by atoms with Gasteiger partial charge in [0.25, 0.3) is 5.91 Å². The van der Waals surface area contributed by atoms with Crippen molar-refractivity contribution in [3.05, 3.63) is 47.7 Å². The molecule has 2 aromatic heterocycles. The van der Waals surface area contributed by atoms with Crippen LogP contribution in [0.4, 0.5) is 0 Å². The van der Waals surface area contributed by atoms with E-state index in [-0.39, 0.29) is 0 Å². The van der Waals surface area contributed by atoms with Gasteiger partial charge >= 0.3 is 5.97 Å². The van der Waals surface area contributed by atoms with Gasteiger partial charge in [0.2, 0.25) is 0 Å². The van der Waals surface area contributed by atoms with Crippen LogP contribution < -0.4 is 5.32 Å². The first-order valence-electron chi connectivity index (χ1n) is 8.95. The van der Waals surface area contributed by atoms with Crippen LogP contribution in [0.25, 0.3) is 22.3 Å². The molecule has 0 aliphatic carbocycles. The molecule has 0 bridgehead atoms. The van der Waals surface area contributed by atoms with Crippen LogP contribution in [0.2, 0.25) is 0 Å². The van der Waals surface area contributed by atoms with Gasteiger partial charge in [-0.25, -0.2) is 9.78 Å².